The Morgan fingerprint density at radius 1 is 1.15 bits per heavy atom. The van der Waals surface area contributed by atoms with Gasteiger partial charge in [0.15, 0.2) is 0 Å². The fourth-order valence-corrected chi connectivity index (χ4v) is 3.21. The van der Waals surface area contributed by atoms with Crippen LogP contribution in [-0.2, 0) is 11.2 Å². The lowest BCUT2D eigenvalue weighted by Gasteiger charge is -2.36. The van der Waals surface area contributed by atoms with E-state index in [-0.39, 0.29) is 5.60 Å². The third-order valence-electron chi connectivity index (χ3n) is 4.53. The standard InChI is InChI=1S/C17H26O3/c1-19-15-9-7-8-14(12-15)13-16(18)17(20-2)10-5-3-4-6-11-17/h7-9,12,16,18H,3-6,10-11,13H2,1-2H3. The molecule has 0 radical (unpaired) electrons. The van der Waals surface area contributed by atoms with Crippen molar-refractivity contribution in [2.75, 3.05) is 14.2 Å². The van der Waals surface area contributed by atoms with Gasteiger partial charge in [-0.05, 0) is 30.5 Å². The third-order valence-corrected chi connectivity index (χ3v) is 4.53. The van der Waals surface area contributed by atoms with Gasteiger partial charge in [0.05, 0.1) is 18.8 Å². The SMILES string of the molecule is COc1cccc(CC(O)C2(OC)CCCCCC2)c1. The summed E-state index contributed by atoms with van der Waals surface area (Å²) in [7, 11) is 3.40. The molecule has 0 spiro atoms. The van der Waals surface area contributed by atoms with Crippen LogP contribution in [0.4, 0.5) is 0 Å². The van der Waals surface area contributed by atoms with Gasteiger partial charge >= 0.3 is 0 Å². The first-order valence-corrected chi connectivity index (χ1v) is 7.56. The molecular weight excluding hydrogens is 252 g/mol. The average molecular weight is 278 g/mol. The molecule has 1 aliphatic carbocycles. The van der Waals surface area contributed by atoms with Crippen LogP contribution in [0.1, 0.15) is 44.1 Å². The van der Waals surface area contributed by atoms with Crippen LogP contribution in [0.15, 0.2) is 24.3 Å². The Kier molecular flexibility index (Phi) is 5.44. The summed E-state index contributed by atoms with van der Waals surface area (Å²) >= 11 is 0. The van der Waals surface area contributed by atoms with E-state index in [0.29, 0.717) is 6.42 Å². The van der Waals surface area contributed by atoms with Crippen molar-refractivity contribution in [3.8, 4) is 5.75 Å². The minimum absolute atomic E-state index is 0.375. The highest BCUT2D eigenvalue weighted by Crippen LogP contribution is 2.34. The fourth-order valence-electron chi connectivity index (χ4n) is 3.21. The molecule has 1 saturated carbocycles. The maximum atomic E-state index is 10.7. The molecule has 1 aliphatic rings. The van der Waals surface area contributed by atoms with Crippen LogP contribution < -0.4 is 4.74 Å². The Labute approximate surface area is 121 Å². The second kappa shape index (κ2) is 7.09. The Balaban J connectivity index is 2.09. The molecule has 2 rings (SSSR count). The van der Waals surface area contributed by atoms with E-state index in [9.17, 15) is 5.11 Å². The number of benzene rings is 1. The van der Waals surface area contributed by atoms with E-state index >= 15 is 0 Å². The zero-order valence-corrected chi connectivity index (χ0v) is 12.6. The lowest BCUT2D eigenvalue weighted by molar-refractivity contribution is -0.111. The monoisotopic (exact) mass is 278 g/mol. The molecule has 0 bridgehead atoms. The largest absolute Gasteiger partial charge is 0.497 e. The highest BCUT2D eigenvalue weighted by atomic mass is 16.5. The molecule has 1 aromatic carbocycles. The van der Waals surface area contributed by atoms with Crippen LogP contribution in [0.5, 0.6) is 5.75 Å². The van der Waals surface area contributed by atoms with E-state index < -0.39 is 6.10 Å². The Morgan fingerprint density at radius 2 is 1.85 bits per heavy atom. The smallest absolute Gasteiger partial charge is 0.119 e. The van der Waals surface area contributed by atoms with Crippen molar-refractivity contribution in [3.63, 3.8) is 0 Å². The predicted octanol–water partition coefficient (Wildman–Crippen LogP) is 3.34. The predicted molar refractivity (Wildman–Crippen MR) is 80.1 cm³/mol. The molecular formula is C17H26O3. The summed E-state index contributed by atoms with van der Waals surface area (Å²) in [5.41, 5.74) is 0.720. The van der Waals surface area contributed by atoms with Gasteiger partial charge in [0, 0.05) is 13.5 Å². The van der Waals surface area contributed by atoms with Crippen LogP contribution in [-0.4, -0.2) is 31.0 Å². The summed E-state index contributed by atoms with van der Waals surface area (Å²) in [5, 5.41) is 10.7. The van der Waals surface area contributed by atoms with Crippen molar-refractivity contribution in [1.29, 1.82) is 0 Å². The van der Waals surface area contributed by atoms with Gasteiger partial charge in [0.1, 0.15) is 5.75 Å². The maximum Gasteiger partial charge on any atom is 0.119 e. The lowest BCUT2D eigenvalue weighted by Crippen LogP contribution is -2.45. The second-order valence-electron chi connectivity index (χ2n) is 5.75. The van der Waals surface area contributed by atoms with Gasteiger partial charge in [-0.15, -0.1) is 0 Å². The molecule has 3 nitrogen and oxygen atoms in total. The maximum absolute atomic E-state index is 10.7. The van der Waals surface area contributed by atoms with Gasteiger partial charge in [0.2, 0.25) is 0 Å². The summed E-state index contributed by atoms with van der Waals surface area (Å²) in [4.78, 5) is 0. The molecule has 1 aromatic rings. The number of methoxy groups -OCH3 is 2. The van der Waals surface area contributed by atoms with E-state index in [0.717, 1.165) is 37.0 Å². The first-order valence-electron chi connectivity index (χ1n) is 7.56. The minimum Gasteiger partial charge on any atom is -0.497 e. The number of rotatable bonds is 5. The molecule has 1 fully saturated rings. The summed E-state index contributed by atoms with van der Waals surface area (Å²) in [6.45, 7) is 0. The topological polar surface area (TPSA) is 38.7 Å². The van der Waals surface area contributed by atoms with Gasteiger partial charge in [-0.1, -0.05) is 37.8 Å². The average Bonchev–Trinajstić information content (AvgIpc) is 2.74. The molecule has 1 unspecified atom stereocenters. The van der Waals surface area contributed by atoms with E-state index in [1.807, 2.05) is 24.3 Å². The van der Waals surface area contributed by atoms with Gasteiger partial charge in [-0.3, -0.25) is 0 Å². The number of aliphatic hydroxyl groups is 1. The van der Waals surface area contributed by atoms with Crippen LogP contribution in [0.2, 0.25) is 0 Å². The highest BCUT2D eigenvalue weighted by Gasteiger charge is 2.38. The van der Waals surface area contributed by atoms with Gasteiger partial charge in [-0.2, -0.15) is 0 Å². The molecule has 0 amide bonds. The van der Waals surface area contributed by atoms with Crippen molar-refractivity contribution in [1.82, 2.24) is 0 Å². The molecule has 3 heteroatoms. The normalized spacial score (nSPS) is 20.1. The molecule has 112 valence electrons. The molecule has 0 saturated heterocycles. The molecule has 1 N–H and O–H groups in total. The zero-order valence-electron chi connectivity index (χ0n) is 12.6. The van der Waals surface area contributed by atoms with Crippen LogP contribution in [0.25, 0.3) is 0 Å². The second-order valence-corrected chi connectivity index (χ2v) is 5.75. The molecule has 0 heterocycles. The van der Waals surface area contributed by atoms with Crippen LogP contribution >= 0.6 is 0 Å². The van der Waals surface area contributed by atoms with E-state index in [2.05, 4.69) is 0 Å². The summed E-state index contributed by atoms with van der Waals surface area (Å²) in [6, 6.07) is 7.91. The fraction of sp³-hybridized carbons (Fsp3) is 0.647. The molecule has 1 atom stereocenters. The Morgan fingerprint density at radius 3 is 2.45 bits per heavy atom. The minimum atomic E-state index is -0.460. The number of hydrogen-bond acceptors (Lipinski definition) is 3. The zero-order chi connectivity index (χ0) is 14.4. The number of hydrogen-bond donors (Lipinski definition) is 1. The van der Waals surface area contributed by atoms with Gasteiger partial charge < -0.3 is 14.6 Å². The summed E-state index contributed by atoms with van der Waals surface area (Å²) in [6.07, 6.45) is 6.84. The lowest BCUT2D eigenvalue weighted by atomic mass is 9.85. The first kappa shape index (κ1) is 15.3. The highest BCUT2D eigenvalue weighted by molar-refractivity contribution is 5.29. The van der Waals surface area contributed by atoms with E-state index in [4.69, 9.17) is 9.47 Å². The van der Waals surface area contributed by atoms with Crippen molar-refractivity contribution in [3.05, 3.63) is 29.8 Å². The van der Waals surface area contributed by atoms with E-state index in [1.165, 1.54) is 12.8 Å². The van der Waals surface area contributed by atoms with Crippen molar-refractivity contribution in [2.45, 2.75) is 56.7 Å². The number of ether oxygens (including phenoxy) is 2. The van der Waals surface area contributed by atoms with Crippen LogP contribution in [0, 0.1) is 0 Å². The Bertz CT molecular complexity index is 408. The van der Waals surface area contributed by atoms with Gasteiger partial charge in [-0.25, -0.2) is 0 Å². The van der Waals surface area contributed by atoms with Crippen LogP contribution in [0.3, 0.4) is 0 Å². The van der Waals surface area contributed by atoms with Crippen molar-refractivity contribution in [2.24, 2.45) is 0 Å². The summed E-state index contributed by atoms with van der Waals surface area (Å²) < 4.78 is 11.0. The first-order chi connectivity index (χ1) is 9.70. The molecule has 0 aliphatic heterocycles. The third kappa shape index (κ3) is 3.53. The van der Waals surface area contributed by atoms with Crippen molar-refractivity contribution >= 4 is 0 Å². The van der Waals surface area contributed by atoms with Gasteiger partial charge in [0.25, 0.3) is 0 Å². The van der Waals surface area contributed by atoms with E-state index in [1.54, 1.807) is 14.2 Å². The number of aliphatic hydroxyl groups excluding tert-OH is 1. The quantitative estimate of drug-likeness (QED) is 0.840. The Hall–Kier alpha value is -1.06. The summed E-state index contributed by atoms with van der Waals surface area (Å²) in [5.74, 6) is 0.835. The molecule has 0 aromatic heterocycles. The van der Waals surface area contributed by atoms with Crippen molar-refractivity contribution < 1.29 is 14.6 Å². The molecule has 20 heavy (non-hydrogen) atoms.